The van der Waals surface area contributed by atoms with Crippen LogP contribution in [0.4, 0.5) is 0 Å². The first-order chi connectivity index (χ1) is 7.33. The van der Waals surface area contributed by atoms with Gasteiger partial charge in [0.15, 0.2) is 3.95 Å². The highest BCUT2D eigenvalue weighted by Crippen LogP contribution is 2.27. The Morgan fingerprint density at radius 1 is 1.33 bits per heavy atom. The summed E-state index contributed by atoms with van der Waals surface area (Å²) in [4.78, 5) is 4.23. The van der Waals surface area contributed by atoms with Gasteiger partial charge in [-0.1, -0.05) is 11.3 Å². The van der Waals surface area contributed by atoms with Crippen LogP contribution in [0.1, 0.15) is 0 Å². The van der Waals surface area contributed by atoms with Crippen molar-refractivity contribution in [3.63, 3.8) is 0 Å². The lowest BCUT2D eigenvalue weighted by Gasteiger charge is -1.94. The summed E-state index contributed by atoms with van der Waals surface area (Å²) in [6.45, 7) is 0. The van der Waals surface area contributed by atoms with Gasteiger partial charge in [0.25, 0.3) is 0 Å². The number of aromatic amines is 1. The molecule has 3 nitrogen and oxygen atoms in total. The van der Waals surface area contributed by atoms with E-state index >= 15 is 0 Å². The number of aromatic nitrogens is 3. The average molecular weight is 251 g/mol. The lowest BCUT2D eigenvalue weighted by molar-refractivity contribution is 1.08. The molecular weight excluding hydrogens is 246 g/mol. The molecule has 6 heteroatoms. The Hall–Kier alpha value is -1.11. The summed E-state index contributed by atoms with van der Waals surface area (Å²) >= 11 is 8.12. The number of hydrogen-bond donors (Lipinski definition) is 1. The molecule has 2 aromatic heterocycles. The van der Waals surface area contributed by atoms with Gasteiger partial charge >= 0.3 is 0 Å². The standard InChI is InChI=1S/C9H5N3S3/c13-9-12-11-8(15-9)5-1-2-6-7(3-5)14-4-10-6/h1-4H,(H,12,13). The minimum atomic E-state index is 0.703. The molecule has 1 aromatic carbocycles. The third-order valence-corrected chi connectivity index (χ3v) is 3.95. The third kappa shape index (κ3) is 1.60. The van der Waals surface area contributed by atoms with Crippen LogP contribution in [0.3, 0.4) is 0 Å². The third-order valence-electron chi connectivity index (χ3n) is 2.02. The van der Waals surface area contributed by atoms with Gasteiger partial charge in [0, 0.05) is 5.56 Å². The summed E-state index contributed by atoms with van der Waals surface area (Å²) in [5.41, 5.74) is 3.97. The van der Waals surface area contributed by atoms with Gasteiger partial charge in [0.2, 0.25) is 0 Å². The van der Waals surface area contributed by atoms with Crippen LogP contribution in [0.25, 0.3) is 20.8 Å². The Morgan fingerprint density at radius 3 is 3.07 bits per heavy atom. The van der Waals surface area contributed by atoms with E-state index in [1.807, 2.05) is 17.6 Å². The fourth-order valence-electron chi connectivity index (χ4n) is 1.34. The first-order valence-corrected chi connectivity index (χ1v) is 6.32. The van der Waals surface area contributed by atoms with Gasteiger partial charge in [-0.15, -0.1) is 11.3 Å². The minimum absolute atomic E-state index is 0.703. The first-order valence-electron chi connectivity index (χ1n) is 4.22. The van der Waals surface area contributed by atoms with Crippen LogP contribution in [-0.2, 0) is 0 Å². The molecule has 15 heavy (non-hydrogen) atoms. The largest absolute Gasteiger partial charge is 0.258 e. The van der Waals surface area contributed by atoms with E-state index in [-0.39, 0.29) is 0 Å². The molecule has 0 spiro atoms. The summed E-state index contributed by atoms with van der Waals surface area (Å²) < 4.78 is 1.88. The molecule has 0 aliphatic heterocycles. The monoisotopic (exact) mass is 251 g/mol. The summed E-state index contributed by atoms with van der Waals surface area (Å²) in [5.74, 6) is 0. The van der Waals surface area contributed by atoms with E-state index in [2.05, 4.69) is 21.2 Å². The minimum Gasteiger partial charge on any atom is -0.258 e. The first kappa shape index (κ1) is 9.14. The highest BCUT2D eigenvalue weighted by Gasteiger charge is 2.04. The van der Waals surface area contributed by atoms with Crippen LogP contribution in [0.2, 0.25) is 0 Å². The van der Waals surface area contributed by atoms with E-state index in [9.17, 15) is 0 Å². The topological polar surface area (TPSA) is 41.6 Å². The summed E-state index contributed by atoms with van der Waals surface area (Å²) in [5, 5.41) is 7.86. The van der Waals surface area contributed by atoms with Crippen LogP contribution >= 0.6 is 34.9 Å². The number of fused-ring (bicyclic) bond motifs is 1. The molecule has 0 aliphatic rings. The number of nitrogens with one attached hydrogen (secondary N) is 1. The van der Waals surface area contributed by atoms with Crippen molar-refractivity contribution in [3.8, 4) is 10.6 Å². The van der Waals surface area contributed by atoms with Gasteiger partial charge in [-0.3, -0.25) is 5.10 Å². The molecule has 0 amide bonds. The molecule has 0 unspecified atom stereocenters. The summed E-state index contributed by atoms with van der Waals surface area (Å²) in [7, 11) is 0. The number of hydrogen-bond acceptors (Lipinski definition) is 5. The van der Waals surface area contributed by atoms with Crippen LogP contribution in [0.5, 0.6) is 0 Å². The molecule has 3 rings (SSSR count). The maximum atomic E-state index is 5.00. The number of H-pyrrole nitrogens is 1. The van der Waals surface area contributed by atoms with Crippen LogP contribution in [-0.4, -0.2) is 15.2 Å². The number of benzene rings is 1. The fraction of sp³-hybridized carbons (Fsp3) is 0. The second kappa shape index (κ2) is 3.48. The van der Waals surface area contributed by atoms with Crippen LogP contribution < -0.4 is 0 Å². The van der Waals surface area contributed by atoms with Gasteiger partial charge in [0.1, 0.15) is 5.01 Å². The molecule has 0 saturated heterocycles. The van der Waals surface area contributed by atoms with E-state index in [1.54, 1.807) is 11.3 Å². The van der Waals surface area contributed by atoms with E-state index in [0.29, 0.717) is 3.95 Å². The fourth-order valence-corrected chi connectivity index (χ4v) is 2.94. The van der Waals surface area contributed by atoms with E-state index < -0.39 is 0 Å². The zero-order chi connectivity index (χ0) is 10.3. The lowest BCUT2D eigenvalue weighted by Crippen LogP contribution is -1.76. The predicted octanol–water partition coefficient (Wildman–Crippen LogP) is 3.48. The Balaban J connectivity index is 2.22. The zero-order valence-electron chi connectivity index (χ0n) is 7.43. The van der Waals surface area contributed by atoms with Crippen molar-refractivity contribution in [1.29, 1.82) is 0 Å². The SMILES string of the molecule is S=c1[nH]nc(-c2ccc3ncsc3c2)s1. The zero-order valence-corrected chi connectivity index (χ0v) is 9.88. The molecule has 0 bridgehead atoms. The van der Waals surface area contributed by atoms with E-state index in [0.717, 1.165) is 16.1 Å². The highest BCUT2D eigenvalue weighted by molar-refractivity contribution is 7.73. The highest BCUT2D eigenvalue weighted by atomic mass is 32.1. The quantitative estimate of drug-likeness (QED) is 0.673. The number of thiazole rings is 1. The molecule has 0 atom stereocenters. The van der Waals surface area contributed by atoms with Crippen molar-refractivity contribution in [1.82, 2.24) is 15.2 Å². The lowest BCUT2D eigenvalue weighted by atomic mass is 10.2. The molecule has 0 radical (unpaired) electrons. The van der Waals surface area contributed by atoms with Crippen LogP contribution in [0.15, 0.2) is 23.7 Å². The molecule has 2 heterocycles. The van der Waals surface area contributed by atoms with Crippen molar-refractivity contribution in [3.05, 3.63) is 27.7 Å². The van der Waals surface area contributed by atoms with Gasteiger partial charge in [-0.2, -0.15) is 5.10 Å². The average Bonchev–Trinajstić information content (AvgIpc) is 2.84. The Morgan fingerprint density at radius 2 is 2.27 bits per heavy atom. The number of nitrogens with zero attached hydrogens (tertiary/aromatic N) is 2. The van der Waals surface area contributed by atoms with Crippen molar-refractivity contribution < 1.29 is 0 Å². The normalized spacial score (nSPS) is 10.9. The second-order valence-electron chi connectivity index (χ2n) is 2.95. The maximum Gasteiger partial charge on any atom is 0.176 e. The van der Waals surface area contributed by atoms with E-state index in [4.69, 9.17) is 12.2 Å². The Labute approximate surface area is 98.4 Å². The van der Waals surface area contributed by atoms with Gasteiger partial charge in [0.05, 0.1) is 15.7 Å². The van der Waals surface area contributed by atoms with Crippen molar-refractivity contribution >= 4 is 45.1 Å². The Kier molecular flexibility index (Phi) is 2.12. The molecule has 3 aromatic rings. The molecule has 0 aliphatic carbocycles. The Bertz CT molecular complexity index is 664. The summed E-state index contributed by atoms with van der Waals surface area (Å²) in [6, 6.07) is 6.11. The molecule has 74 valence electrons. The van der Waals surface area contributed by atoms with Gasteiger partial charge in [-0.05, 0) is 30.4 Å². The molecule has 0 fully saturated rings. The van der Waals surface area contributed by atoms with Crippen molar-refractivity contribution in [2.45, 2.75) is 0 Å². The molecule has 0 saturated carbocycles. The predicted molar refractivity (Wildman–Crippen MR) is 65.9 cm³/mol. The molecular formula is C9H5N3S3. The maximum absolute atomic E-state index is 5.00. The van der Waals surface area contributed by atoms with Gasteiger partial charge in [-0.25, -0.2) is 4.98 Å². The molecule has 1 N–H and O–H groups in total. The smallest absolute Gasteiger partial charge is 0.176 e. The van der Waals surface area contributed by atoms with Crippen molar-refractivity contribution in [2.24, 2.45) is 0 Å². The van der Waals surface area contributed by atoms with E-state index in [1.165, 1.54) is 16.0 Å². The number of rotatable bonds is 1. The van der Waals surface area contributed by atoms with Crippen molar-refractivity contribution in [2.75, 3.05) is 0 Å². The van der Waals surface area contributed by atoms with Crippen LogP contribution in [0, 0.1) is 3.95 Å². The van der Waals surface area contributed by atoms with Gasteiger partial charge < -0.3 is 0 Å². The summed E-state index contributed by atoms with van der Waals surface area (Å²) in [6.07, 6.45) is 0. The second-order valence-corrected chi connectivity index (χ2v) is 5.51.